The van der Waals surface area contributed by atoms with Gasteiger partial charge in [0.25, 0.3) is 17.4 Å². The van der Waals surface area contributed by atoms with Crippen molar-refractivity contribution in [3.8, 4) is 0 Å². The van der Waals surface area contributed by atoms with Crippen molar-refractivity contribution >= 4 is 23.1 Å². The molecule has 3 rings (SSSR count). The molecule has 1 saturated heterocycles. The SMILES string of the molecule is CCc1ccc(C2/C(=C(/O)c3ccc([N+](=O)[O-])cc3)C(=O)C(=O)N2CCN(C)C)cc1. The van der Waals surface area contributed by atoms with Crippen molar-refractivity contribution in [2.45, 2.75) is 19.4 Å². The average molecular weight is 423 g/mol. The zero-order valence-electron chi connectivity index (χ0n) is 17.7. The number of nitrogens with zero attached hydrogens (tertiary/aromatic N) is 3. The molecule has 0 aliphatic carbocycles. The molecule has 1 aliphatic heterocycles. The number of nitro benzene ring substituents is 1. The van der Waals surface area contributed by atoms with E-state index in [1.165, 1.54) is 29.2 Å². The Bertz CT molecular complexity index is 1030. The van der Waals surface area contributed by atoms with E-state index in [9.17, 15) is 24.8 Å². The van der Waals surface area contributed by atoms with Gasteiger partial charge < -0.3 is 14.9 Å². The minimum atomic E-state index is -0.765. The lowest BCUT2D eigenvalue weighted by atomic mass is 9.94. The first kappa shape index (κ1) is 22.2. The molecule has 2 aromatic carbocycles. The Morgan fingerprint density at radius 1 is 1.10 bits per heavy atom. The van der Waals surface area contributed by atoms with E-state index in [1.807, 2.05) is 50.2 Å². The predicted octanol–water partition coefficient (Wildman–Crippen LogP) is 3.14. The lowest BCUT2D eigenvalue weighted by Gasteiger charge is -2.26. The number of nitro groups is 1. The summed E-state index contributed by atoms with van der Waals surface area (Å²) in [4.78, 5) is 39.5. The summed E-state index contributed by atoms with van der Waals surface area (Å²) in [6, 6.07) is 12.1. The number of benzene rings is 2. The molecule has 1 fully saturated rings. The summed E-state index contributed by atoms with van der Waals surface area (Å²) in [5.74, 6) is -1.78. The van der Waals surface area contributed by atoms with Crippen molar-refractivity contribution < 1.29 is 19.6 Å². The number of rotatable bonds is 7. The predicted molar refractivity (Wildman–Crippen MR) is 116 cm³/mol. The highest BCUT2D eigenvalue weighted by molar-refractivity contribution is 6.46. The molecule has 0 spiro atoms. The highest BCUT2D eigenvalue weighted by atomic mass is 16.6. The molecule has 0 aromatic heterocycles. The normalized spacial score (nSPS) is 18.1. The van der Waals surface area contributed by atoms with Gasteiger partial charge in [0, 0.05) is 30.8 Å². The maximum atomic E-state index is 12.9. The van der Waals surface area contributed by atoms with Crippen molar-refractivity contribution in [2.75, 3.05) is 27.2 Å². The summed E-state index contributed by atoms with van der Waals surface area (Å²) in [5, 5.41) is 21.9. The Balaban J connectivity index is 2.11. The molecule has 1 unspecified atom stereocenters. The quantitative estimate of drug-likeness (QED) is 0.241. The number of aliphatic hydroxyl groups excluding tert-OH is 1. The van der Waals surface area contributed by atoms with Crippen LogP contribution in [-0.4, -0.2) is 58.7 Å². The summed E-state index contributed by atoms with van der Waals surface area (Å²) < 4.78 is 0. The zero-order valence-corrected chi connectivity index (χ0v) is 17.7. The van der Waals surface area contributed by atoms with E-state index < -0.39 is 22.7 Å². The molecule has 0 bridgehead atoms. The van der Waals surface area contributed by atoms with Gasteiger partial charge in [0.15, 0.2) is 0 Å². The molecular weight excluding hydrogens is 398 g/mol. The third-order valence-electron chi connectivity index (χ3n) is 5.38. The minimum Gasteiger partial charge on any atom is -0.507 e. The molecule has 1 atom stereocenters. The number of non-ortho nitro benzene ring substituents is 1. The lowest BCUT2D eigenvalue weighted by molar-refractivity contribution is -0.384. The van der Waals surface area contributed by atoms with Crippen LogP contribution in [0, 0.1) is 10.1 Å². The Morgan fingerprint density at radius 3 is 2.23 bits per heavy atom. The average Bonchev–Trinajstić information content (AvgIpc) is 3.02. The summed E-state index contributed by atoms with van der Waals surface area (Å²) in [6.45, 7) is 2.90. The second-order valence-electron chi connectivity index (χ2n) is 7.69. The number of amides is 1. The number of hydrogen-bond donors (Lipinski definition) is 1. The van der Waals surface area contributed by atoms with Crippen LogP contribution in [0.15, 0.2) is 54.1 Å². The number of Topliss-reactive ketones (excluding diaryl/α,β-unsaturated/α-hetero) is 1. The van der Waals surface area contributed by atoms with Crippen molar-refractivity contribution in [2.24, 2.45) is 0 Å². The Morgan fingerprint density at radius 2 is 1.71 bits per heavy atom. The van der Waals surface area contributed by atoms with Crippen LogP contribution in [0.2, 0.25) is 0 Å². The fraction of sp³-hybridized carbons (Fsp3) is 0.304. The van der Waals surface area contributed by atoms with Crippen molar-refractivity contribution in [1.82, 2.24) is 9.80 Å². The van der Waals surface area contributed by atoms with Gasteiger partial charge in [0.2, 0.25) is 0 Å². The zero-order chi connectivity index (χ0) is 22.7. The molecule has 162 valence electrons. The molecule has 8 heteroatoms. The molecule has 2 aromatic rings. The maximum absolute atomic E-state index is 12.9. The minimum absolute atomic E-state index is 0.0122. The van der Waals surface area contributed by atoms with Gasteiger partial charge in [-0.2, -0.15) is 0 Å². The largest absolute Gasteiger partial charge is 0.507 e. The number of carbonyl (C=O) groups is 2. The molecule has 0 saturated carbocycles. The number of carbonyl (C=O) groups excluding carboxylic acids is 2. The van der Waals surface area contributed by atoms with E-state index in [1.54, 1.807) is 0 Å². The van der Waals surface area contributed by atoms with Crippen molar-refractivity contribution in [3.63, 3.8) is 0 Å². The fourth-order valence-electron chi connectivity index (χ4n) is 3.60. The molecule has 8 nitrogen and oxygen atoms in total. The number of ketones is 1. The molecule has 1 amide bonds. The van der Waals surface area contributed by atoms with Gasteiger partial charge in [-0.05, 0) is 43.8 Å². The molecule has 1 aliphatic rings. The van der Waals surface area contributed by atoms with Gasteiger partial charge in [-0.15, -0.1) is 0 Å². The van der Waals surface area contributed by atoms with Crippen molar-refractivity contribution in [1.29, 1.82) is 0 Å². The van der Waals surface area contributed by atoms with E-state index >= 15 is 0 Å². The van der Waals surface area contributed by atoms with E-state index in [0.717, 1.165) is 17.5 Å². The highest BCUT2D eigenvalue weighted by Gasteiger charge is 2.45. The van der Waals surface area contributed by atoms with Crippen LogP contribution in [-0.2, 0) is 16.0 Å². The fourth-order valence-corrected chi connectivity index (χ4v) is 3.60. The van der Waals surface area contributed by atoms with Crippen LogP contribution >= 0.6 is 0 Å². The lowest BCUT2D eigenvalue weighted by Crippen LogP contribution is -2.35. The first-order valence-electron chi connectivity index (χ1n) is 10.0. The van der Waals surface area contributed by atoms with Gasteiger partial charge >= 0.3 is 0 Å². The molecule has 1 N–H and O–H groups in total. The Labute approximate surface area is 180 Å². The first-order chi connectivity index (χ1) is 14.7. The molecule has 0 radical (unpaired) electrons. The number of likely N-dealkylation sites (N-methyl/N-ethyl adjacent to an activating group) is 1. The van der Waals surface area contributed by atoms with E-state index in [-0.39, 0.29) is 22.6 Å². The summed E-state index contributed by atoms with van der Waals surface area (Å²) in [5.41, 5.74) is 1.94. The Hall–Kier alpha value is -3.52. The van der Waals surface area contributed by atoms with Crippen molar-refractivity contribution in [3.05, 3.63) is 80.9 Å². The van der Waals surface area contributed by atoms with Crippen LogP contribution in [0.25, 0.3) is 5.76 Å². The number of likely N-dealkylation sites (tertiary alicyclic amines) is 1. The summed E-state index contributed by atoms with van der Waals surface area (Å²) >= 11 is 0. The molecule has 1 heterocycles. The summed E-state index contributed by atoms with van der Waals surface area (Å²) in [6.07, 6.45) is 0.851. The Kier molecular flexibility index (Phi) is 6.50. The van der Waals surface area contributed by atoms with E-state index in [0.29, 0.717) is 13.1 Å². The van der Waals surface area contributed by atoms with Gasteiger partial charge in [0.05, 0.1) is 16.5 Å². The van der Waals surface area contributed by atoms with Crippen LogP contribution < -0.4 is 0 Å². The number of hydrogen-bond acceptors (Lipinski definition) is 6. The number of aryl methyl sites for hydroxylation is 1. The van der Waals surface area contributed by atoms with Crippen LogP contribution in [0.1, 0.15) is 29.7 Å². The van der Waals surface area contributed by atoms with Crippen LogP contribution in [0.4, 0.5) is 5.69 Å². The third kappa shape index (κ3) is 4.49. The molecular formula is C23H25N3O5. The van der Waals surface area contributed by atoms with Gasteiger partial charge in [-0.1, -0.05) is 31.2 Å². The highest BCUT2D eigenvalue weighted by Crippen LogP contribution is 2.39. The van der Waals surface area contributed by atoms with Gasteiger partial charge in [-0.25, -0.2) is 0 Å². The maximum Gasteiger partial charge on any atom is 0.295 e. The number of aliphatic hydroxyl groups is 1. The first-order valence-corrected chi connectivity index (χ1v) is 10.0. The van der Waals surface area contributed by atoms with Gasteiger partial charge in [-0.3, -0.25) is 19.7 Å². The monoisotopic (exact) mass is 423 g/mol. The smallest absolute Gasteiger partial charge is 0.295 e. The third-order valence-corrected chi connectivity index (χ3v) is 5.38. The van der Waals surface area contributed by atoms with E-state index in [2.05, 4.69) is 0 Å². The van der Waals surface area contributed by atoms with Crippen LogP contribution in [0.3, 0.4) is 0 Å². The van der Waals surface area contributed by atoms with Gasteiger partial charge in [0.1, 0.15) is 5.76 Å². The standard InChI is InChI=1S/C23H25N3O5/c1-4-15-5-7-16(8-6-15)20-19(22(28)23(29)25(20)14-13-24(2)3)21(27)17-9-11-18(12-10-17)26(30)31/h5-12,20,27H,4,13-14H2,1-3H3/b21-19-. The van der Waals surface area contributed by atoms with E-state index in [4.69, 9.17) is 0 Å². The second-order valence-corrected chi connectivity index (χ2v) is 7.69. The topological polar surface area (TPSA) is 104 Å². The second kappa shape index (κ2) is 9.09. The molecule has 31 heavy (non-hydrogen) atoms. The summed E-state index contributed by atoms with van der Waals surface area (Å²) in [7, 11) is 3.75. The van der Waals surface area contributed by atoms with Crippen LogP contribution in [0.5, 0.6) is 0 Å².